The van der Waals surface area contributed by atoms with Crippen LogP contribution in [-0.4, -0.2) is 74.7 Å². The molecule has 222 valence electrons. The second-order valence-electron chi connectivity index (χ2n) is 11.9. The summed E-state index contributed by atoms with van der Waals surface area (Å²) in [5, 5.41) is 2.50. The summed E-state index contributed by atoms with van der Waals surface area (Å²) in [6, 6.07) is 16.6. The third-order valence-corrected chi connectivity index (χ3v) is 9.28. The Labute approximate surface area is 245 Å². The normalized spacial score (nSPS) is 23.6. The van der Waals surface area contributed by atoms with Gasteiger partial charge in [-0.2, -0.15) is 0 Å². The number of likely N-dealkylation sites (tertiary alicyclic amines) is 1. The van der Waals surface area contributed by atoms with Gasteiger partial charge in [0.15, 0.2) is 0 Å². The van der Waals surface area contributed by atoms with Gasteiger partial charge in [-0.3, -0.25) is 14.9 Å². The van der Waals surface area contributed by atoms with Crippen LogP contribution in [0.4, 0.5) is 17.1 Å². The SMILES string of the molecule is CC.Nc1ccc(N2CCC(CN3CCC4(CC3)CN(c3cccc(C5CCC(=O)NC5=O)c3)CCO4)CC2)cc1. The number of amides is 2. The van der Waals surface area contributed by atoms with Gasteiger partial charge in [-0.25, -0.2) is 0 Å². The van der Waals surface area contributed by atoms with Gasteiger partial charge >= 0.3 is 0 Å². The number of nitrogens with one attached hydrogen (secondary N) is 1. The van der Waals surface area contributed by atoms with Gasteiger partial charge in [0, 0.05) is 69.3 Å². The first kappa shape index (κ1) is 29.4. The predicted molar refractivity (Wildman–Crippen MR) is 165 cm³/mol. The maximum atomic E-state index is 12.4. The zero-order chi connectivity index (χ0) is 28.8. The lowest BCUT2D eigenvalue weighted by molar-refractivity contribution is -0.134. The lowest BCUT2D eigenvalue weighted by atomic mass is 9.87. The summed E-state index contributed by atoms with van der Waals surface area (Å²) in [4.78, 5) is 31.6. The molecule has 6 rings (SSSR count). The molecule has 1 unspecified atom stereocenters. The van der Waals surface area contributed by atoms with Crippen LogP contribution in [0, 0.1) is 5.92 Å². The molecule has 4 aliphatic rings. The monoisotopic (exact) mass is 561 g/mol. The van der Waals surface area contributed by atoms with E-state index in [9.17, 15) is 9.59 Å². The van der Waals surface area contributed by atoms with Gasteiger partial charge < -0.3 is 25.2 Å². The minimum atomic E-state index is -0.251. The minimum Gasteiger partial charge on any atom is -0.399 e. The van der Waals surface area contributed by atoms with Crippen molar-refractivity contribution < 1.29 is 14.3 Å². The second-order valence-corrected chi connectivity index (χ2v) is 11.9. The van der Waals surface area contributed by atoms with Gasteiger partial charge in [-0.15, -0.1) is 0 Å². The number of nitrogen functional groups attached to an aromatic ring is 1. The van der Waals surface area contributed by atoms with Gasteiger partial charge in [-0.1, -0.05) is 26.0 Å². The number of carbonyl (C=O) groups excluding carboxylic acids is 2. The molecule has 4 saturated heterocycles. The fourth-order valence-corrected chi connectivity index (χ4v) is 6.88. The second kappa shape index (κ2) is 13.3. The van der Waals surface area contributed by atoms with E-state index in [-0.39, 0.29) is 23.3 Å². The molecule has 2 aromatic carbocycles. The van der Waals surface area contributed by atoms with Crippen LogP contribution < -0.4 is 20.9 Å². The lowest BCUT2D eigenvalue weighted by Gasteiger charge is -2.48. The third kappa shape index (κ3) is 7.04. The molecule has 1 spiro atoms. The number of ether oxygens (including phenoxy) is 1. The quantitative estimate of drug-likeness (QED) is 0.413. The molecule has 4 fully saturated rings. The van der Waals surface area contributed by atoms with Crippen molar-refractivity contribution in [1.82, 2.24) is 10.2 Å². The smallest absolute Gasteiger partial charge is 0.234 e. The Morgan fingerprint density at radius 1 is 0.902 bits per heavy atom. The number of carbonyl (C=O) groups is 2. The first-order valence-electron chi connectivity index (χ1n) is 15.6. The number of morpholine rings is 1. The fourth-order valence-electron chi connectivity index (χ4n) is 6.88. The van der Waals surface area contributed by atoms with E-state index in [0.717, 1.165) is 81.6 Å². The zero-order valence-corrected chi connectivity index (χ0v) is 24.8. The number of anilines is 3. The molecule has 8 nitrogen and oxygen atoms in total. The number of benzene rings is 2. The molecule has 0 radical (unpaired) electrons. The van der Waals surface area contributed by atoms with Crippen molar-refractivity contribution in [3.63, 3.8) is 0 Å². The average Bonchev–Trinajstić information content (AvgIpc) is 3.00. The number of piperidine rings is 3. The highest BCUT2D eigenvalue weighted by Gasteiger charge is 2.40. The van der Waals surface area contributed by atoms with E-state index < -0.39 is 0 Å². The number of hydrogen-bond acceptors (Lipinski definition) is 7. The van der Waals surface area contributed by atoms with Gasteiger partial charge in [0.05, 0.1) is 18.1 Å². The maximum absolute atomic E-state index is 12.4. The van der Waals surface area contributed by atoms with E-state index in [1.807, 2.05) is 38.1 Å². The molecule has 1 atom stereocenters. The van der Waals surface area contributed by atoms with E-state index in [1.54, 1.807) is 0 Å². The van der Waals surface area contributed by atoms with Gasteiger partial charge in [0.25, 0.3) is 0 Å². The Kier molecular flexibility index (Phi) is 9.50. The molecular formula is C33H47N5O3. The highest BCUT2D eigenvalue weighted by molar-refractivity contribution is 6.01. The Morgan fingerprint density at radius 3 is 2.34 bits per heavy atom. The van der Waals surface area contributed by atoms with Crippen LogP contribution in [0.15, 0.2) is 48.5 Å². The van der Waals surface area contributed by atoms with Crippen LogP contribution in [0.1, 0.15) is 63.9 Å². The Morgan fingerprint density at radius 2 is 1.63 bits per heavy atom. The largest absolute Gasteiger partial charge is 0.399 e. The summed E-state index contributed by atoms with van der Waals surface area (Å²) >= 11 is 0. The standard InChI is InChI=1S/C31H41N5O3.C2H6/c32-25-4-6-26(7-5-25)35-14-10-23(11-15-35)21-34-16-12-31(13-17-34)22-36(18-19-39-31)27-3-1-2-24(20-27)28-8-9-29(37)33-30(28)38;1-2/h1-7,20,23,28H,8-19,21-22,32H2,(H,33,37,38);1-2H3. The molecule has 0 aromatic heterocycles. The Hall–Kier alpha value is -3.10. The highest BCUT2D eigenvalue weighted by atomic mass is 16.5. The number of rotatable bonds is 5. The number of nitrogens with zero attached hydrogens (tertiary/aromatic N) is 3. The first-order chi connectivity index (χ1) is 20.0. The highest BCUT2D eigenvalue weighted by Crippen LogP contribution is 2.35. The van der Waals surface area contributed by atoms with Crippen LogP contribution in [0.25, 0.3) is 0 Å². The van der Waals surface area contributed by atoms with Crippen molar-refractivity contribution in [3.8, 4) is 0 Å². The molecule has 0 aliphatic carbocycles. The molecule has 4 aliphatic heterocycles. The molecule has 4 heterocycles. The fraction of sp³-hybridized carbons (Fsp3) is 0.576. The number of nitrogens with two attached hydrogens (primary N) is 1. The predicted octanol–water partition coefficient (Wildman–Crippen LogP) is 4.40. The summed E-state index contributed by atoms with van der Waals surface area (Å²) in [5.41, 5.74) is 10.0. The third-order valence-electron chi connectivity index (χ3n) is 9.28. The Bertz CT molecular complexity index is 1170. The van der Waals surface area contributed by atoms with Crippen LogP contribution >= 0.6 is 0 Å². The molecule has 0 bridgehead atoms. The topological polar surface area (TPSA) is 91.1 Å². The summed E-state index contributed by atoms with van der Waals surface area (Å²) in [5.74, 6) is 0.157. The van der Waals surface area contributed by atoms with E-state index in [2.05, 4.69) is 44.3 Å². The van der Waals surface area contributed by atoms with Crippen molar-refractivity contribution in [2.75, 3.05) is 68.0 Å². The van der Waals surface area contributed by atoms with Gasteiger partial charge in [0.2, 0.25) is 11.8 Å². The molecule has 2 aromatic rings. The van der Waals surface area contributed by atoms with Gasteiger partial charge in [0.1, 0.15) is 0 Å². The van der Waals surface area contributed by atoms with Crippen molar-refractivity contribution >= 4 is 28.9 Å². The van der Waals surface area contributed by atoms with Gasteiger partial charge in [-0.05, 0) is 80.0 Å². The van der Waals surface area contributed by atoms with E-state index in [0.29, 0.717) is 12.8 Å². The molecule has 41 heavy (non-hydrogen) atoms. The zero-order valence-electron chi connectivity index (χ0n) is 24.8. The molecule has 8 heteroatoms. The molecule has 3 N–H and O–H groups in total. The number of imide groups is 1. The first-order valence-corrected chi connectivity index (χ1v) is 15.6. The summed E-state index contributed by atoms with van der Waals surface area (Å²) in [6.07, 6.45) is 5.57. The lowest BCUT2D eigenvalue weighted by Crippen LogP contribution is -2.57. The van der Waals surface area contributed by atoms with Crippen LogP contribution in [0.5, 0.6) is 0 Å². The van der Waals surface area contributed by atoms with E-state index >= 15 is 0 Å². The number of hydrogen-bond donors (Lipinski definition) is 2. The van der Waals surface area contributed by atoms with Crippen molar-refractivity contribution in [2.45, 2.75) is 63.9 Å². The summed E-state index contributed by atoms with van der Waals surface area (Å²) < 4.78 is 6.46. The molecule has 0 saturated carbocycles. The summed E-state index contributed by atoms with van der Waals surface area (Å²) in [7, 11) is 0. The van der Waals surface area contributed by atoms with Crippen LogP contribution in [0.3, 0.4) is 0 Å². The van der Waals surface area contributed by atoms with E-state index in [4.69, 9.17) is 10.5 Å². The van der Waals surface area contributed by atoms with Crippen molar-refractivity contribution in [3.05, 3.63) is 54.1 Å². The molecule has 2 amide bonds. The minimum absolute atomic E-state index is 0.0993. The average molecular weight is 562 g/mol. The Balaban J connectivity index is 0.00000165. The van der Waals surface area contributed by atoms with E-state index in [1.165, 1.54) is 25.1 Å². The summed E-state index contributed by atoms with van der Waals surface area (Å²) in [6.45, 7) is 12.1. The van der Waals surface area contributed by atoms with Crippen molar-refractivity contribution in [1.29, 1.82) is 0 Å². The maximum Gasteiger partial charge on any atom is 0.234 e. The molecular weight excluding hydrogens is 514 g/mol. The van der Waals surface area contributed by atoms with Crippen molar-refractivity contribution in [2.24, 2.45) is 5.92 Å². The van der Waals surface area contributed by atoms with Crippen LogP contribution in [0.2, 0.25) is 0 Å². The van der Waals surface area contributed by atoms with Crippen LogP contribution in [-0.2, 0) is 14.3 Å².